The minimum atomic E-state index is -0.496. The van der Waals surface area contributed by atoms with Crippen molar-refractivity contribution in [2.45, 2.75) is 6.92 Å². The molecule has 110 valence electrons. The van der Waals surface area contributed by atoms with Crippen LogP contribution in [0, 0.1) is 17.0 Å². The highest BCUT2D eigenvalue weighted by Crippen LogP contribution is 2.22. The molecule has 0 saturated carbocycles. The summed E-state index contributed by atoms with van der Waals surface area (Å²) in [5.41, 5.74) is 2.97. The molecular formula is C11H13N7O3. The van der Waals surface area contributed by atoms with Gasteiger partial charge in [-0.15, -0.1) is 10.2 Å². The number of hydrogen-bond acceptors (Lipinski definition) is 8. The molecule has 0 radical (unpaired) electrons. The van der Waals surface area contributed by atoms with E-state index in [1.54, 1.807) is 6.92 Å². The third-order valence-corrected chi connectivity index (χ3v) is 2.66. The summed E-state index contributed by atoms with van der Waals surface area (Å²) in [6.45, 7) is 1.69. The van der Waals surface area contributed by atoms with Crippen LogP contribution in [0.1, 0.15) is 11.4 Å². The van der Waals surface area contributed by atoms with Crippen LogP contribution in [0.5, 0.6) is 5.75 Å². The first-order chi connectivity index (χ1) is 10.0. The van der Waals surface area contributed by atoms with Gasteiger partial charge in [-0.05, 0) is 13.0 Å². The number of aromatic nitrogens is 3. The predicted octanol–water partition coefficient (Wildman–Crippen LogP) is 0.663. The monoisotopic (exact) mass is 291 g/mol. The maximum Gasteiger partial charge on any atom is 0.270 e. The zero-order valence-corrected chi connectivity index (χ0v) is 11.3. The van der Waals surface area contributed by atoms with E-state index in [0.29, 0.717) is 17.1 Å². The molecule has 2 rings (SSSR count). The number of hydrazone groups is 1. The van der Waals surface area contributed by atoms with Gasteiger partial charge in [0.2, 0.25) is 0 Å². The maximum absolute atomic E-state index is 10.8. The first-order valence-corrected chi connectivity index (χ1v) is 5.81. The van der Waals surface area contributed by atoms with Gasteiger partial charge in [0, 0.05) is 17.7 Å². The van der Waals surface area contributed by atoms with Gasteiger partial charge in [-0.2, -0.15) is 5.10 Å². The third-order valence-electron chi connectivity index (χ3n) is 2.66. The minimum Gasteiger partial charge on any atom is -0.496 e. The normalized spacial score (nSPS) is 10.8. The molecule has 10 heteroatoms. The maximum atomic E-state index is 10.8. The van der Waals surface area contributed by atoms with E-state index in [1.165, 1.54) is 36.2 Å². The van der Waals surface area contributed by atoms with Crippen molar-refractivity contribution in [2.24, 2.45) is 5.10 Å². The van der Waals surface area contributed by atoms with Crippen molar-refractivity contribution in [3.63, 3.8) is 0 Å². The number of nitrogens with zero attached hydrogens (tertiary/aromatic N) is 5. The number of non-ortho nitro benzene ring substituents is 1. The standard InChI is InChI=1S/C11H13N7O3/c1-7-14-16-11(17(7)12)15-13-6-8-5-9(18(19)20)3-4-10(8)21-2/h3-6H,12H2,1-2H3,(H,15,16)/b13-6+. The van der Waals surface area contributed by atoms with Crippen LogP contribution < -0.4 is 16.0 Å². The van der Waals surface area contributed by atoms with E-state index in [2.05, 4.69) is 20.7 Å². The van der Waals surface area contributed by atoms with Gasteiger partial charge < -0.3 is 10.6 Å². The van der Waals surface area contributed by atoms with Gasteiger partial charge in [0.05, 0.1) is 18.2 Å². The lowest BCUT2D eigenvalue weighted by atomic mass is 10.2. The van der Waals surface area contributed by atoms with Crippen LogP contribution in [0.15, 0.2) is 23.3 Å². The Labute approximate surface area is 119 Å². The van der Waals surface area contributed by atoms with Crippen LogP contribution in [0.25, 0.3) is 0 Å². The quantitative estimate of drug-likeness (QED) is 0.357. The van der Waals surface area contributed by atoms with Gasteiger partial charge >= 0.3 is 0 Å². The summed E-state index contributed by atoms with van der Waals surface area (Å²) in [5.74, 6) is 6.86. The highest BCUT2D eigenvalue weighted by Gasteiger charge is 2.10. The average Bonchev–Trinajstić information content (AvgIpc) is 2.79. The molecule has 1 heterocycles. The van der Waals surface area contributed by atoms with Crippen molar-refractivity contribution in [1.82, 2.24) is 14.9 Å². The van der Waals surface area contributed by atoms with Crippen molar-refractivity contribution in [2.75, 3.05) is 18.4 Å². The fourth-order valence-electron chi connectivity index (χ4n) is 1.54. The number of nitrogens with two attached hydrogens (primary N) is 1. The van der Waals surface area contributed by atoms with Gasteiger partial charge in [-0.3, -0.25) is 10.1 Å². The number of methoxy groups -OCH3 is 1. The van der Waals surface area contributed by atoms with E-state index in [4.69, 9.17) is 10.6 Å². The molecule has 0 aliphatic rings. The van der Waals surface area contributed by atoms with Crippen molar-refractivity contribution < 1.29 is 9.66 Å². The Kier molecular flexibility index (Phi) is 3.97. The summed E-state index contributed by atoms with van der Waals surface area (Å²) in [6.07, 6.45) is 1.37. The summed E-state index contributed by atoms with van der Waals surface area (Å²) in [6, 6.07) is 4.20. The topological polar surface area (TPSA) is 133 Å². The second-order valence-electron chi connectivity index (χ2n) is 3.99. The Morgan fingerprint density at radius 2 is 2.29 bits per heavy atom. The minimum absolute atomic E-state index is 0.0601. The zero-order valence-electron chi connectivity index (χ0n) is 11.3. The molecule has 0 fully saturated rings. The van der Waals surface area contributed by atoms with Gasteiger partial charge in [-0.1, -0.05) is 0 Å². The summed E-state index contributed by atoms with van der Waals surface area (Å²) in [5, 5.41) is 22.2. The summed E-state index contributed by atoms with van der Waals surface area (Å²) in [4.78, 5) is 10.3. The molecule has 0 aliphatic heterocycles. The van der Waals surface area contributed by atoms with Crippen LogP contribution in [-0.4, -0.2) is 33.1 Å². The molecule has 2 aromatic rings. The van der Waals surface area contributed by atoms with Crippen molar-refractivity contribution in [3.05, 3.63) is 39.7 Å². The molecular weight excluding hydrogens is 278 g/mol. The van der Waals surface area contributed by atoms with E-state index in [-0.39, 0.29) is 11.6 Å². The first-order valence-electron chi connectivity index (χ1n) is 5.81. The van der Waals surface area contributed by atoms with E-state index in [1.807, 2.05) is 0 Å². The van der Waals surface area contributed by atoms with E-state index >= 15 is 0 Å². The number of aryl methyl sites for hydroxylation is 1. The molecule has 0 saturated heterocycles. The number of nitro benzene ring substituents is 1. The molecule has 0 spiro atoms. The Balaban J connectivity index is 2.21. The Hall–Kier alpha value is -3.17. The Morgan fingerprint density at radius 3 is 2.86 bits per heavy atom. The SMILES string of the molecule is COc1ccc([N+](=O)[O-])cc1/C=N/Nc1nnc(C)n1N. The van der Waals surface area contributed by atoms with Gasteiger partial charge in [-0.25, -0.2) is 10.1 Å². The third kappa shape index (κ3) is 3.05. The number of rotatable bonds is 5. The Morgan fingerprint density at radius 1 is 1.52 bits per heavy atom. The van der Waals surface area contributed by atoms with Gasteiger partial charge in [0.15, 0.2) is 5.82 Å². The lowest BCUT2D eigenvalue weighted by Crippen LogP contribution is -2.13. The number of hydrogen-bond donors (Lipinski definition) is 2. The number of nitro groups is 1. The smallest absolute Gasteiger partial charge is 0.270 e. The highest BCUT2D eigenvalue weighted by atomic mass is 16.6. The van der Waals surface area contributed by atoms with E-state index in [0.717, 1.165) is 0 Å². The summed E-state index contributed by atoms with van der Waals surface area (Å²) < 4.78 is 6.34. The molecule has 0 bridgehead atoms. The van der Waals surface area contributed by atoms with Crippen molar-refractivity contribution in [3.8, 4) is 5.75 Å². The van der Waals surface area contributed by atoms with Crippen LogP contribution in [0.3, 0.4) is 0 Å². The zero-order chi connectivity index (χ0) is 15.4. The molecule has 3 N–H and O–H groups in total. The summed E-state index contributed by atoms with van der Waals surface area (Å²) >= 11 is 0. The lowest BCUT2D eigenvalue weighted by Gasteiger charge is -2.04. The van der Waals surface area contributed by atoms with Crippen molar-refractivity contribution >= 4 is 17.9 Å². The van der Waals surface area contributed by atoms with E-state index in [9.17, 15) is 10.1 Å². The molecule has 10 nitrogen and oxygen atoms in total. The number of nitrogens with one attached hydrogen (secondary N) is 1. The average molecular weight is 291 g/mol. The summed E-state index contributed by atoms with van der Waals surface area (Å²) in [7, 11) is 1.46. The lowest BCUT2D eigenvalue weighted by molar-refractivity contribution is -0.384. The first kappa shape index (κ1) is 14.2. The van der Waals surface area contributed by atoms with Crippen LogP contribution in [0.4, 0.5) is 11.6 Å². The molecule has 0 unspecified atom stereocenters. The molecule has 1 aromatic heterocycles. The number of nitrogen functional groups attached to an aromatic ring is 1. The van der Waals surface area contributed by atoms with E-state index < -0.39 is 4.92 Å². The second kappa shape index (κ2) is 5.86. The fourth-order valence-corrected chi connectivity index (χ4v) is 1.54. The van der Waals surface area contributed by atoms with Crippen molar-refractivity contribution in [1.29, 1.82) is 0 Å². The largest absolute Gasteiger partial charge is 0.496 e. The van der Waals surface area contributed by atoms with Gasteiger partial charge in [0.25, 0.3) is 11.6 Å². The highest BCUT2D eigenvalue weighted by molar-refractivity contribution is 5.85. The number of ether oxygens (including phenoxy) is 1. The predicted molar refractivity (Wildman–Crippen MR) is 75.8 cm³/mol. The number of benzene rings is 1. The molecule has 0 amide bonds. The Bertz CT molecular complexity index is 695. The van der Waals surface area contributed by atoms with Crippen LogP contribution in [-0.2, 0) is 0 Å². The fraction of sp³-hybridized carbons (Fsp3) is 0.182. The van der Waals surface area contributed by atoms with Gasteiger partial charge in [0.1, 0.15) is 5.75 Å². The number of anilines is 1. The molecule has 1 aromatic carbocycles. The van der Waals surface area contributed by atoms with Crippen LogP contribution >= 0.6 is 0 Å². The van der Waals surface area contributed by atoms with Crippen LogP contribution in [0.2, 0.25) is 0 Å². The molecule has 0 atom stereocenters. The second-order valence-corrected chi connectivity index (χ2v) is 3.99. The molecule has 0 aliphatic carbocycles. The molecule has 21 heavy (non-hydrogen) atoms.